The first-order valence-electron chi connectivity index (χ1n) is 10.8. The van der Waals surface area contributed by atoms with E-state index >= 15 is 0 Å². The van der Waals surface area contributed by atoms with Crippen molar-refractivity contribution in [2.24, 2.45) is 7.05 Å². The monoisotopic (exact) mass is 512 g/mol. The zero-order valence-electron chi connectivity index (χ0n) is 19.0. The van der Waals surface area contributed by atoms with Crippen molar-refractivity contribution in [2.75, 3.05) is 17.7 Å². The Balaban J connectivity index is 1.47. The maximum Gasteiger partial charge on any atom is 0.341 e. The summed E-state index contributed by atoms with van der Waals surface area (Å²) in [4.78, 5) is 26.7. The number of hydrogen-bond donors (Lipinski definition) is 1. The van der Waals surface area contributed by atoms with Crippen LogP contribution < -0.4 is 5.32 Å². The molecule has 34 heavy (non-hydrogen) atoms. The molecule has 0 aliphatic carbocycles. The predicted molar refractivity (Wildman–Crippen MR) is 139 cm³/mol. The number of nitrogens with one attached hydrogen (secondary N) is 1. The standard InChI is InChI=1S/C24H24N4O3S3/c1-4-17-11-16(12-32-17)21-26-27-24(28(21)3)34-14-19(29)25-22-20(23(30)31-5-2)18(13-33-22)15-9-7-6-8-10-15/h6-13H,4-5,14H2,1-3H3,(H,25,29). The third-order valence-corrected chi connectivity index (χ3v) is 8.03. The van der Waals surface area contributed by atoms with Crippen LogP contribution in [0, 0.1) is 0 Å². The van der Waals surface area contributed by atoms with E-state index in [9.17, 15) is 9.59 Å². The Hall–Kier alpha value is -2.95. The molecule has 0 unspecified atom stereocenters. The Morgan fingerprint density at radius 2 is 1.88 bits per heavy atom. The molecule has 1 amide bonds. The van der Waals surface area contributed by atoms with Gasteiger partial charge in [0.25, 0.3) is 0 Å². The van der Waals surface area contributed by atoms with Gasteiger partial charge in [-0.3, -0.25) is 4.79 Å². The fraction of sp³-hybridized carbons (Fsp3) is 0.250. The molecule has 0 saturated heterocycles. The van der Waals surface area contributed by atoms with Crippen molar-refractivity contribution in [1.82, 2.24) is 14.8 Å². The number of nitrogens with zero attached hydrogens (tertiary/aromatic N) is 3. The van der Waals surface area contributed by atoms with Crippen LogP contribution in [0.25, 0.3) is 22.5 Å². The van der Waals surface area contributed by atoms with E-state index in [0.29, 0.717) is 15.7 Å². The van der Waals surface area contributed by atoms with E-state index < -0.39 is 5.97 Å². The third-order valence-electron chi connectivity index (χ3n) is 5.04. The van der Waals surface area contributed by atoms with E-state index in [2.05, 4.69) is 33.9 Å². The fourth-order valence-electron chi connectivity index (χ4n) is 3.35. The lowest BCUT2D eigenvalue weighted by Gasteiger charge is -2.09. The number of aryl methyl sites for hydroxylation is 1. The Bertz CT molecular complexity index is 1290. The summed E-state index contributed by atoms with van der Waals surface area (Å²) in [5, 5.41) is 16.5. The summed E-state index contributed by atoms with van der Waals surface area (Å²) in [6.07, 6.45) is 0.979. The quantitative estimate of drug-likeness (QED) is 0.227. The molecule has 4 rings (SSSR count). The maximum absolute atomic E-state index is 12.8. The van der Waals surface area contributed by atoms with E-state index in [1.54, 1.807) is 18.3 Å². The summed E-state index contributed by atoms with van der Waals surface area (Å²) < 4.78 is 7.15. The molecule has 0 fully saturated rings. The average Bonchev–Trinajstić information content (AvgIpc) is 3.57. The fourth-order valence-corrected chi connectivity index (χ4v) is 5.85. The van der Waals surface area contributed by atoms with Crippen LogP contribution >= 0.6 is 34.4 Å². The van der Waals surface area contributed by atoms with Gasteiger partial charge in [0.1, 0.15) is 10.6 Å². The zero-order valence-corrected chi connectivity index (χ0v) is 21.5. The molecule has 0 saturated carbocycles. The number of amides is 1. The van der Waals surface area contributed by atoms with Gasteiger partial charge < -0.3 is 14.6 Å². The van der Waals surface area contributed by atoms with Crippen LogP contribution in [0.15, 0.2) is 52.3 Å². The summed E-state index contributed by atoms with van der Waals surface area (Å²) in [6.45, 7) is 4.14. The normalized spacial score (nSPS) is 10.9. The number of carbonyl (C=O) groups is 2. The molecule has 0 radical (unpaired) electrons. The minimum atomic E-state index is -0.453. The van der Waals surface area contributed by atoms with Gasteiger partial charge in [-0.2, -0.15) is 0 Å². The second-order valence-corrected chi connectivity index (χ2v) is 10.1. The lowest BCUT2D eigenvalue weighted by molar-refractivity contribution is -0.113. The van der Waals surface area contributed by atoms with E-state index in [-0.39, 0.29) is 18.3 Å². The van der Waals surface area contributed by atoms with Crippen LogP contribution in [-0.4, -0.2) is 39.0 Å². The number of anilines is 1. The molecule has 176 valence electrons. The SMILES string of the molecule is CCOC(=O)c1c(-c2ccccc2)csc1NC(=O)CSc1nnc(-c2csc(CC)c2)n1C. The number of carbonyl (C=O) groups excluding carboxylic acids is 2. The highest BCUT2D eigenvalue weighted by atomic mass is 32.2. The maximum atomic E-state index is 12.8. The average molecular weight is 513 g/mol. The number of hydrogen-bond acceptors (Lipinski definition) is 8. The Kier molecular flexibility index (Phi) is 7.81. The highest BCUT2D eigenvalue weighted by molar-refractivity contribution is 7.99. The molecular weight excluding hydrogens is 488 g/mol. The number of ether oxygens (including phenoxy) is 1. The highest BCUT2D eigenvalue weighted by Crippen LogP contribution is 2.36. The van der Waals surface area contributed by atoms with Gasteiger partial charge in [0, 0.05) is 33.8 Å². The van der Waals surface area contributed by atoms with E-state index in [1.807, 2.05) is 47.3 Å². The van der Waals surface area contributed by atoms with Gasteiger partial charge in [0.15, 0.2) is 11.0 Å². The highest BCUT2D eigenvalue weighted by Gasteiger charge is 2.23. The van der Waals surface area contributed by atoms with Gasteiger partial charge in [-0.25, -0.2) is 4.79 Å². The van der Waals surface area contributed by atoms with Crippen LogP contribution in [0.2, 0.25) is 0 Å². The van der Waals surface area contributed by atoms with E-state index in [4.69, 9.17) is 4.74 Å². The van der Waals surface area contributed by atoms with Crippen LogP contribution in [0.1, 0.15) is 29.1 Å². The zero-order chi connectivity index (χ0) is 24.1. The number of benzene rings is 1. The van der Waals surface area contributed by atoms with Gasteiger partial charge in [0.2, 0.25) is 5.91 Å². The Morgan fingerprint density at radius 1 is 1.09 bits per heavy atom. The third kappa shape index (κ3) is 5.24. The van der Waals surface area contributed by atoms with Crippen LogP contribution in [0.5, 0.6) is 0 Å². The minimum absolute atomic E-state index is 0.136. The van der Waals surface area contributed by atoms with Crippen LogP contribution in [-0.2, 0) is 23.0 Å². The summed E-state index contributed by atoms with van der Waals surface area (Å²) >= 11 is 4.31. The summed E-state index contributed by atoms with van der Waals surface area (Å²) in [5.41, 5.74) is 3.04. The van der Waals surface area contributed by atoms with Crippen molar-refractivity contribution >= 4 is 51.3 Å². The Labute approximate surface area is 210 Å². The molecule has 0 spiro atoms. The lowest BCUT2D eigenvalue weighted by atomic mass is 10.0. The first-order valence-corrected chi connectivity index (χ1v) is 13.5. The molecular formula is C24H24N4O3S3. The van der Waals surface area contributed by atoms with Gasteiger partial charge in [-0.05, 0) is 25.0 Å². The molecule has 1 aromatic carbocycles. The minimum Gasteiger partial charge on any atom is -0.462 e. The number of thioether (sulfide) groups is 1. The molecule has 0 atom stereocenters. The van der Waals surface area contributed by atoms with Gasteiger partial charge in [-0.15, -0.1) is 32.9 Å². The second kappa shape index (κ2) is 11.0. The Morgan fingerprint density at radius 3 is 2.59 bits per heavy atom. The largest absolute Gasteiger partial charge is 0.462 e. The van der Waals surface area contributed by atoms with E-state index in [1.165, 1.54) is 28.0 Å². The molecule has 0 aliphatic rings. The lowest BCUT2D eigenvalue weighted by Crippen LogP contribution is -2.16. The molecule has 0 bridgehead atoms. The van der Waals surface area contributed by atoms with E-state index in [0.717, 1.165) is 28.9 Å². The second-order valence-electron chi connectivity index (χ2n) is 7.30. The molecule has 10 heteroatoms. The van der Waals surface area contributed by atoms with Crippen LogP contribution in [0.4, 0.5) is 5.00 Å². The van der Waals surface area contributed by atoms with Gasteiger partial charge in [0.05, 0.1) is 12.4 Å². The molecule has 3 heterocycles. The van der Waals surface area contributed by atoms with Crippen LogP contribution in [0.3, 0.4) is 0 Å². The van der Waals surface area contributed by atoms with Crippen molar-refractivity contribution in [3.05, 3.63) is 57.6 Å². The smallest absolute Gasteiger partial charge is 0.341 e. The topological polar surface area (TPSA) is 86.1 Å². The van der Waals surface area contributed by atoms with Crippen molar-refractivity contribution in [3.63, 3.8) is 0 Å². The number of rotatable bonds is 9. The van der Waals surface area contributed by atoms with Crippen molar-refractivity contribution in [1.29, 1.82) is 0 Å². The first-order chi connectivity index (χ1) is 16.5. The summed E-state index contributed by atoms with van der Waals surface area (Å²) in [6, 6.07) is 11.7. The number of thiophene rings is 2. The first kappa shape index (κ1) is 24.2. The van der Waals surface area contributed by atoms with Gasteiger partial charge in [-0.1, -0.05) is 49.0 Å². The molecule has 0 aliphatic heterocycles. The van der Waals surface area contributed by atoms with Crippen molar-refractivity contribution in [3.8, 4) is 22.5 Å². The van der Waals surface area contributed by atoms with Gasteiger partial charge >= 0.3 is 5.97 Å². The predicted octanol–water partition coefficient (Wildman–Crippen LogP) is 5.74. The molecule has 3 aromatic heterocycles. The summed E-state index contributed by atoms with van der Waals surface area (Å²) in [5.74, 6) is 0.224. The molecule has 1 N–H and O–H groups in total. The number of esters is 1. The van der Waals surface area contributed by atoms with Crippen molar-refractivity contribution in [2.45, 2.75) is 25.4 Å². The number of aromatic nitrogens is 3. The van der Waals surface area contributed by atoms with Crippen molar-refractivity contribution < 1.29 is 14.3 Å². The molecule has 7 nitrogen and oxygen atoms in total. The molecule has 4 aromatic rings. The summed E-state index contributed by atoms with van der Waals surface area (Å²) in [7, 11) is 1.89.